The Balaban J connectivity index is 1.87. The number of aliphatic carboxylic acids is 1. The summed E-state index contributed by atoms with van der Waals surface area (Å²) in [5.41, 5.74) is 6.06. The number of hydrogen-bond acceptors (Lipinski definition) is 3. The maximum Gasteiger partial charge on any atom is 0.310 e. The molecular formula is C14H22N2O3. The maximum atomic E-state index is 12.2. The van der Waals surface area contributed by atoms with E-state index in [1.54, 1.807) is 12.2 Å². The highest BCUT2D eigenvalue weighted by Gasteiger charge is 2.30. The minimum absolute atomic E-state index is 0.0184. The van der Waals surface area contributed by atoms with Gasteiger partial charge in [-0.15, -0.1) is 0 Å². The topological polar surface area (TPSA) is 92.4 Å². The van der Waals surface area contributed by atoms with Crippen LogP contribution in [-0.2, 0) is 9.59 Å². The molecule has 5 nitrogen and oxygen atoms in total. The molecule has 0 spiro atoms. The summed E-state index contributed by atoms with van der Waals surface area (Å²) in [5.74, 6) is -1.46. The van der Waals surface area contributed by atoms with Crippen molar-refractivity contribution in [1.29, 1.82) is 0 Å². The fourth-order valence-corrected chi connectivity index (χ4v) is 2.94. The lowest BCUT2D eigenvalue weighted by molar-refractivity contribution is -0.140. The zero-order valence-corrected chi connectivity index (χ0v) is 11.0. The van der Waals surface area contributed by atoms with Crippen LogP contribution in [0.5, 0.6) is 0 Å². The van der Waals surface area contributed by atoms with Gasteiger partial charge >= 0.3 is 5.97 Å². The first-order valence-electron chi connectivity index (χ1n) is 7.05. The molecule has 1 amide bonds. The molecule has 5 heteroatoms. The number of amides is 1. The van der Waals surface area contributed by atoms with Crippen molar-refractivity contribution >= 4 is 11.9 Å². The highest BCUT2D eigenvalue weighted by molar-refractivity contribution is 5.80. The van der Waals surface area contributed by atoms with Gasteiger partial charge in [-0.25, -0.2) is 0 Å². The second-order valence-corrected chi connectivity index (χ2v) is 5.59. The van der Waals surface area contributed by atoms with Gasteiger partial charge in [0.2, 0.25) is 5.91 Å². The summed E-state index contributed by atoms with van der Waals surface area (Å²) in [5, 5.41) is 11.8. The van der Waals surface area contributed by atoms with Crippen LogP contribution < -0.4 is 11.1 Å². The molecule has 0 bridgehead atoms. The van der Waals surface area contributed by atoms with Crippen LogP contribution in [0.3, 0.4) is 0 Å². The Labute approximate surface area is 113 Å². The normalized spacial score (nSPS) is 34.8. The molecule has 0 aromatic heterocycles. The average molecular weight is 266 g/mol. The fourth-order valence-electron chi connectivity index (χ4n) is 2.94. The Morgan fingerprint density at radius 2 is 1.89 bits per heavy atom. The van der Waals surface area contributed by atoms with Crippen LogP contribution in [0.15, 0.2) is 12.2 Å². The molecule has 4 atom stereocenters. The molecular weight excluding hydrogens is 244 g/mol. The Bertz CT molecular complexity index is 381. The van der Waals surface area contributed by atoms with Crippen LogP contribution in [-0.4, -0.2) is 29.1 Å². The smallest absolute Gasteiger partial charge is 0.310 e. The van der Waals surface area contributed by atoms with Crippen LogP contribution in [0.2, 0.25) is 0 Å². The monoisotopic (exact) mass is 266 g/mol. The standard InChI is InChI=1S/C14H22N2O3/c15-12-5-3-1-2-4-11(12)13(17)16-10-7-6-9(8-10)14(18)19/h6-7,9-12H,1-5,8,15H2,(H,16,17)(H,18,19). The summed E-state index contributed by atoms with van der Waals surface area (Å²) >= 11 is 0. The minimum Gasteiger partial charge on any atom is -0.481 e. The molecule has 2 aliphatic carbocycles. The van der Waals surface area contributed by atoms with Gasteiger partial charge in [-0.2, -0.15) is 0 Å². The van der Waals surface area contributed by atoms with Gasteiger partial charge in [0.1, 0.15) is 0 Å². The first-order chi connectivity index (χ1) is 9.08. The fraction of sp³-hybridized carbons (Fsp3) is 0.714. The van der Waals surface area contributed by atoms with Crippen LogP contribution in [0.25, 0.3) is 0 Å². The van der Waals surface area contributed by atoms with E-state index in [4.69, 9.17) is 10.8 Å². The number of rotatable bonds is 3. The molecule has 2 aliphatic rings. The Morgan fingerprint density at radius 1 is 1.16 bits per heavy atom. The second-order valence-electron chi connectivity index (χ2n) is 5.59. The quantitative estimate of drug-likeness (QED) is 0.525. The molecule has 1 saturated carbocycles. The Hall–Kier alpha value is -1.36. The summed E-state index contributed by atoms with van der Waals surface area (Å²) < 4.78 is 0. The molecule has 4 N–H and O–H groups in total. The van der Waals surface area contributed by atoms with E-state index < -0.39 is 11.9 Å². The van der Waals surface area contributed by atoms with E-state index in [1.807, 2.05) is 0 Å². The molecule has 0 aliphatic heterocycles. The van der Waals surface area contributed by atoms with Gasteiger partial charge in [-0.1, -0.05) is 31.4 Å². The van der Waals surface area contributed by atoms with E-state index in [0.717, 1.165) is 32.1 Å². The van der Waals surface area contributed by atoms with Crippen LogP contribution >= 0.6 is 0 Å². The Kier molecular flexibility index (Phi) is 4.58. The number of carboxylic acid groups (broad SMARTS) is 1. The van der Waals surface area contributed by atoms with Gasteiger partial charge in [-0.3, -0.25) is 9.59 Å². The molecule has 2 rings (SSSR count). The van der Waals surface area contributed by atoms with Crippen molar-refractivity contribution in [2.45, 2.75) is 50.6 Å². The molecule has 4 unspecified atom stereocenters. The van der Waals surface area contributed by atoms with E-state index >= 15 is 0 Å². The number of nitrogens with one attached hydrogen (secondary N) is 1. The lowest BCUT2D eigenvalue weighted by Crippen LogP contribution is -2.44. The molecule has 0 aromatic carbocycles. The number of carbonyl (C=O) groups excluding carboxylic acids is 1. The van der Waals surface area contributed by atoms with E-state index in [0.29, 0.717) is 6.42 Å². The Morgan fingerprint density at radius 3 is 2.58 bits per heavy atom. The van der Waals surface area contributed by atoms with Gasteiger partial charge in [-0.05, 0) is 19.3 Å². The third kappa shape index (κ3) is 3.56. The van der Waals surface area contributed by atoms with Crippen molar-refractivity contribution in [2.24, 2.45) is 17.6 Å². The van der Waals surface area contributed by atoms with Crippen molar-refractivity contribution in [2.75, 3.05) is 0 Å². The predicted octanol–water partition coefficient (Wildman–Crippen LogP) is 1.04. The van der Waals surface area contributed by atoms with Crippen LogP contribution in [0, 0.1) is 11.8 Å². The molecule has 106 valence electrons. The highest BCUT2D eigenvalue weighted by atomic mass is 16.4. The molecule has 0 aromatic rings. The largest absolute Gasteiger partial charge is 0.481 e. The van der Waals surface area contributed by atoms with Crippen LogP contribution in [0.4, 0.5) is 0 Å². The second kappa shape index (κ2) is 6.19. The lowest BCUT2D eigenvalue weighted by Gasteiger charge is -2.22. The number of hydrogen-bond donors (Lipinski definition) is 3. The predicted molar refractivity (Wildman–Crippen MR) is 71.4 cm³/mol. The zero-order valence-electron chi connectivity index (χ0n) is 11.0. The molecule has 0 radical (unpaired) electrons. The van der Waals surface area contributed by atoms with Crippen LogP contribution in [0.1, 0.15) is 38.5 Å². The van der Waals surface area contributed by atoms with E-state index in [1.165, 1.54) is 0 Å². The van der Waals surface area contributed by atoms with Gasteiger partial charge in [0, 0.05) is 12.1 Å². The third-order valence-corrected chi connectivity index (χ3v) is 4.13. The van der Waals surface area contributed by atoms with E-state index in [2.05, 4.69) is 5.32 Å². The van der Waals surface area contributed by atoms with Gasteiger partial charge in [0.15, 0.2) is 0 Å². The van der Waals surface area contributed by atoms with Gasteiger partial charge in [0.05, 0.1) is 11.8 Å². The number of carbonyl (C=O) groups is 2. The molecule has 19 heavy (non-hydrogen) atoms. The summed E-state index contributed by atoms with van der Waals surface area (Å²) in [6, 6.07) is -0.229. The third-order valence-electron chi connectivity index (χ3n) is 4.13. The molecule has 0 heterocycles. The summed E-state index contributed by atoms with van der Waals surface area (Å²) in [7, 11) is 0. The van der Waals surface area contributed by atoms with Crippen molar-refractivity contribution in [1.82, 2.24) is 5.32 Å². The van der Waals surface area contributed by atoms with Crippen molar-refractivity contribution < 1.29 is 14.7 Å². The van der Waals surface area contributed by atoms with Crippen molar-refractivity contribution in [3.05, 3.63) is 12.2 Å². The number of carboxylic acids is 1. The maximum absolute atomic E-state index is 12.2. The number of nitrogens with two attached hydrogens (primary N) is 1. The summed E-state index contributed by atoms with van der Waals surface area (Å²) in [6.45, 7) is 0. The van der Waals surface area contributed by atoms with Crippen molar-refractivity contribution in [3.63, 3.8) is 0 Å². The summed E-state index contributed by atoms with van der Waals surface area (Å²) in [6.07, 6.45) is 8.89. The van der Waals surface area contributed by atoms with E-state index in [9.17, 15) is 9.59 Å². The van der Waals surface area contributed by atoms with Gasteiger partial charge in [0.25, 0.3) is 0 Å². The van der Waals surface area contributed by atoms with E-state index in [-0.39, 0.29) is 23.9 Å². The SMILES string of the molecule is NC1CCCCCC1C(=O)NC1C=CC(C(=O)O)C1. The average Bonchev–Trinajstić information content (AvgIpc) is 2.71. The zero-order chi connectivity index (χ0) is 13.8. The minimum atomic E-state index is -0.834. The molecule has 0 saturated heterocycles. The van der Waals surface area contributed by atoms with Gasteiger partial charge < -0.3 is 16.2 Å². The highest BCUT2D eigenvalue weighted by Crippen LogP contribution is 2.24. The first kappa shape index (κ1) is 14.1. The molecule has 1 fully saturated rings. The first-order valence-corrected chi connectivity index (χ1v) is 7.05. The lowest BCUT2D eigenvalue weighted by atomic mass is 9.94. The van der Waals surface area contributed by atoms with Crippen molar-refractivity contribution in [3.8, 4) is 0 Å². The summed E-state index contributed by atoms with van der Waals surface area (Å²) in [4.78, 5) is 23.1.